The van der Waals surface area contributed by atoms with Crippen molar-refractivity contribution in [3.8, 4) is 12.3 Å². The number of hydrogen-bond donors (Lipinski definition) is 1. The summed E-state index contributed by atoms with van der Waals surface area (Å²) in [6.45, 7) is 2.62. The third kappa shape index (κ3) is 6.93. The minimum atomic E-state index is -4.94. The maximum atomic E-state index is 8.49. The van der Waals surface area contributed by atoms with Crippen molar-refractivity contribution < 1.29 is 33.4 Å². The Bertz CT molecular complexity index is 1060. The van der Waals surface area contributed by atoms with Crippen LogP contribution < -0.4 is 33.4 Å². The first-order valence-electron chi connectivity index (χ1n) is 8.68. The van der Waals surface area contributed by atoms with E-state index in [2.05, 4.69) is 47.0 Å². The Morgan fingerprint density at radius 1 is 1.10 bits per heavy atom. The third-order valence-corrected chi connectivity index (χ3v) is 4.57. The topological polar surface area (TPSA) is 111 Å². The van der Waals surface area contributed by atoms with E-state index in [1.54, 1.807) is 0 Å². The second-order valence-corrected chi connectivity index (χ2v) is 7.38. The van der Waals surface area contributed by atoms with Crippen molar-refractivity contribution in [3.63, 3.8) is 0 Å². The number of pyridine rings is 1. The number of thiocarbonyl (C=S) groups is 1. The van der Waals surface area contributed by atoms with Crippen molar-refractivity contribution in [1.29, 1.82) is 0 Å². The molecule has 156 valence electrons. The van der Waals surface area contributed by atoms with E-state index >= 15 is 0 Å². The molecule has 0 aliphatic carbocycles. The Kier molecular flexibility index (Phi) is 8.08. The van der Waals surface area contributed by atoms with E-state index in [0.29, 0.717) is 11.7 Å². The van der Waals surface area contributed by atoms with Crippen molar-refractivity contribution in [2.24, 2.45) is 0 Å². The summed E-state index contributed by atoms with van der Waals surface area (Å²) in [6, 6.07) is 20.4. The highest BCUT2D eigenvalue weighted by Crippen LogP contribution is 2.19. The van der Waals surface area contributed by atoms with Gasteiger partial charge in [-0.25, -0.2) is 18.6 Å². The minimum absolute atomic E-state index is 0.561. The molecule has 0 unspecified atom stereocenters. The molecule has 0 aliphatic rings. The number of hydrogen-bond acceptors (Lipinski definition) is 5. The number of nitrogens with one attached hydrogen (secondary N) is 1. The summed E-state index contributed by atoms with van der Waals surface area (Å²) in [6.07, 6.45) is 5.50. The van der Waals surface area contributed by atoms with Crippen LogP contribution in [0.3, 0.4) is 0 Å². The van der Waals surface area contributed by atoms with Crippen molar-refractivity contribution in [1.82, 2.24) is 0 Å². The van der Waals surface area contributed by atoms with Gasteiger partial charge in [-0.3, -0.25) is 0 Å². The Morgan fingerprint density at radius 2 is 1.73 bits per heavy atom. The van der Waals surface area contributed by atoms with Crippen LogP contribution in [0, 0.1) is 29.5 Å². The van der Waals surface area contributed by atoms with Crippen LogP contribution in [0.25, 0.3) is 10.9 Å². The van der Waals surface area contributed by atoms with Gasteiger partial charge < -0.3 is 10.2 Å². The monoisotopic (exact) mass is 445 g/mol. The molecule has 0 saturated heterocycles. The first-order chi connectivity index (χ1) is 14.1. The summed E-state index contributed by atoms with van der Waals surface area (Å²) in [5.41, 5.74) is 4.26. The number of rotatable bonds is 3. The maximum Gasteiger partial charge on any atom is 0.213 e. The molecule has 2 aromatic carbocycles. The van der Waals surface area contributed by atoms with E-state index in [4.69, 9.17) is 37.3 Å². The van der Waals surface area contributed by atoms with Crippen LogP contribution >= 0.6 is 12.2 Å². The number of para-hydroxylation sites is 1. The van der Waals surface area contributed by atoms with Gasteiger partial charge in [0, 0.05) is 42.9 Å². The van der Waals surface area contributed by atoms with Crippen LogP contribution in [0.15, 0.2) is 60.7 Å². The lowest BCUT2D eigenvalue weighted by Crippen LogP contribution is -2.68. The van der Waals surface area contributed by atoms with Gasteiger partial charge in [0.2, 0.25) is 12.1 Å². The Hall–Kier alpha value is -2.77. The number of aromatic nitrogens is 1. The molecule has 0 bridgehead atoms. The molecule has 1 heterocycles. The quantitative estimate of drug-likeness (QED) is 0.317. The standard InChI is InChI=1S/C21H19N3S.ClHO4/c1-4-14-24-16(2)10-11-17-15-18(12-13-20(17)24)22-21(25)23(3)19-8-6-5-7-9-19;2-1(3,4)5/h1,5-13,15H,14H2,2-3H3;(H,2,3,4,5). The molecule has 7 nitrogen and oxygen atoms in total. The van der Waals surface area contributed by atoms with Gasteiger partial charge in [0.1, 0.15) is 0 Å². The molecule has 0 spiro atoms. The van der Waals surface area contributed by atoms with E-state index < -0.39 is 10.2 Å². The summed E-state index contributed by atoms with van der Waals surface area (Å²) < 4.78 is 36.1. The van der Waals surface area contributed by atoms with E-state index in [9.17, 15) is 0 Å². The van der Waals surface area contributed by atoms with Gasteiger partial charge in [-0.1, -0.05) is 18.2 Å². The lowest BCUT2D eigenvalue weighted by Gasteiger charge is -2.21. The summed E-state index contributed by atoms with van der Waals surface area (Å²) in [5, 5.41) is 5.07. The van der Waals surface area contributed by atoms with Gasteiger partial charge in [-0.05, 0) is 48.5 Å². The van der Waals surface area contributed by atoms with Gasteiger partial charge >= 0.3 is 0 Å². The lowest BCUT2D eigenvalue weighted by atomic mass is 10.1. The van der Waals surface area contributed by atoms with Gasteiger partial charge in [-0.15, -0.1) is 16.7 Å². The maximum absolute atomic E-state index is 8.49. The average molecular weight is 446 g/mol. The summed E-state index contributed by atoms with van der Waals surface area (Å²) >= 11 is 5.53. The van der Waals surface area contributed by atoms with Gasteiger partial charge in [0.25, 0.3) is 0 Å². The Morgan fingerprint density at radius 3 is 2.33 bits per heavy atom. The van der Waals surface area contributed by atoms with Crippen LogP contribution in [-0.4, -0.2) is 12.2 Å². The van der Waals surface area contributed by atoms with Crippen molar-refractivity contribution in [3.05, 3.63) is 66.4 Å². The van der Waals surface area contributed by atoms with E-state index in [-0.39, 0.29) is 0 Å². The smallest absolute Gasteiger partial charge is 0.213 e. The molecule has 1 N–H and O–H groups in total. The summed E-state index contributed by atoms with van der Waals surface area (Å²) in [7, 11) is -2.99. The van der Waals surface area contributed by atoms with Crippen LogP contribution in [0.4, 0.5) is 11.4 Å². The molecule has 0 aliphatic heterocycles. The average Bonchev–Trinajstić information content (AvgIpc) is 2.69. The first-order valence-corrected chi connectivity index (χ1v) is 10.3. The fourth-order valence-corrected chi connectivity index (χ4v) is 3.00. The zero-order valence-electron chi connectivity index (χ0n) is 16.4. The second-order valence-electron chi connectivity index (χ2n) is 6.24. The molecule has 0 amide bonds. The van der Waals surface area contributed by atoms with Crippen LogP contribution in [0.5, 0.6) is 0 Å². The van der Waals surface area contributed by atoms with Crippen molar-refractivity contribution in [2.45, 2.75) is 13.5 Å². The zero-order chi connectivity index (χ0) is 22.3. The number of benzene rings is 2. The zero-order valence-corrected chi connectivity index (χ0v) is 17.9. The van der Waals surface area contributed by atoms with E-state index in [1.165, 1.54) is 0 Å². The molecule has 9 heteroatoms. The number of halogens is 1. The van der Waals surface area contributed by atoms with Crippen molar-refractivity contribution >= 4 is 39.6 Å². The van der Waals surface area contributed by atoms with Crippen LogP contribution in [0.1, 0.15) is 5.69 Å². The Labute approximate surface area is 182 Å². The minimum Gasteiger partial charge on any atom is -0.332 e. The van der Waals surface area contributed by atoms with Gasteiger partial charge in [-0.2, -0.15) is 4.57 Å². The highest BCUT2D eigenvalue weighted by molar-refractivity contribution is 7.80. The molecule has 3 rings (SSSR count). The largest absolute Gasteiger partial charge is 0.332 e. The fourth-order valence-electron chi connectivity index (χ4n) is 2.78. The number of anilines is 2. The molecule has 0 atom stereocenters. The number of terminal acetylenes is 1. The molecular weight excluding hydrogens is 426 g/mol. The highest BCUT2D eigenvalue weighted by Gasteiger charge is 2.13. The summed E-state index contributed by atoms with van der Waals surface area (Å²) in [4.78, 5) is 1.95. The van der Waals surface area contributed by atoms with Crippen LogP contribution in [-0.2, 0) is 6.54 Å². The van der Waals surface area contributed by atoms with E-state index in [0.717, 1.165) is 28.0 Å². The van der Waals surface area contributed by atoms with Gasteiger partial charge in [0.15, 0.2) is 10.8 Å². The first kappa shape index (κ1) is 23.5. The molecule has 1 aromatic heterocycles. The second kappa shape index (κ2) is 10.3. The molecule has 0 saturated carbocycles. The summed E-state index contributed by atoms with van der Waals surface area (Å²) in [5.74, 6) is 2.72. The van der Waals surface area contributed by atoms with Crippen LogP contribution in [0.2, 0.25) is 0 Å². The highest BCUT2D eigenvalue weighted by atomic mass is 35.7. The third-order valence-electron chi connectivity index (χ3n) is 4.20. The molecule has 30 heavy (non-hydrogen) atoms. The van der Waals surface area contributed by atoms with E-state index in [1.807, 2.05) is 48.3 Å². The lowest BCUT2D eigenvalue weighted by molar-refractivity contribution is -2.00. The SMILES string of the molecule is C#CC[n+]1c(C)ccc2cc(NC(=S)N(C)c3ccccc3)ccc21.[O-][Cl+3]([O-])([O-])[O-]. The normalized spacial score (nSPS) is 10.6. The predicted octanol–water partition coefficient (Wildman–Crippen LogP) is -0.854. The number of fused-ring (bicyclic) bond motifs is 1. The number of nitrogens with zero attached hydrogens (tertiary/aromatic N) is 2. The number of aryl methyl sites for hydroxylation is 1. The van der Waals surface area contributed by atoms with Gasteiger partial charge in [0.05, 0.1) is 0 Å². The molecular formula is C21H20ClN3O4S. The predicted molar refractivity (Wildman–Crippen MR) is 109 cm³/mol. The fraction of sp³-hybridized carbons (Fsp3) is 0.143. The Balaban J connectivity index is 0.000000575. The molecule has 0 radical (unpaired) electrons. The molecule has 0 fully saturated rings. The van der Waals surface area contributed by atoms with Crippen molar-refractivity contribution in [2.75, 3.05) is 17.3 Å². The molecule has 3 aromatic rings.